The van der Waals surface area contributed by atoms with E-state index >= 15 is 0 Å². The van der Waals surface area contributed by atoms with Gasteiger partial charge in [-0.25, -0.2) is 4.68 Å². The van der Waals surface area contributed by atoms with Gasteiger partial charge in [0.15, 0.2) is 0 Å². The van der Waals surface area contributed by atoms with Gasteiger partial charge in [0.05, 0.1) is 11.9 Å². The lowest BCUT2D eigenvalue weighted by Gasteiger charge is -2.34. The number of nitrogens with zero attached hydrogens (tertiary/aromatic N) is 4. The van der Waals surface area contributed by atoms with Crippen LogP contribution >= 0.6 is 15.9 Å². The Labute approximate surface area is 163 Å². The molecule has 1 aromatic heterocycles. The van der Waals surface area contributed by atoms with Crippen molar-refractivity contribution in [1.29, 1.82) is 0 Å². The Morgan fingerprint density at radius 2 is 2.00 bits per heavy atom. The zero-order valence-electron chi connectivity index (χ0n) is 16.4. The third kappa shape index (κ3) is 5.30. The molecule has 0 bridgehead atoms. The highest BCUT2D eigenvalue weighted by Crippen LogP contribution is 2.27. The molecule has 1 saturated heterocycles. The molecule has 1 aliphatic rings. The van der Waals surface area contributed by atoms with E-state index in [2.05, 4.69) is 50.0 Å². The summed E-state index contributed by atoms with van der Waals surface area (Å²) in [5.41, 5.74) is 0.699. The first-order chi connectivity index (χ1) is 12.1. The van der Waals surface area contributed by atoms with Gasteiger partial charge in [-0.15, -0.1) is 0 Å². The Morgan fingerprint density at radius 1 is 1.38 bits per heavy atom. The van der Waals surface area contributed by atoms with Crippen LogP contribution in [0.1, 0.15) is 26.7 Å². The summed E-state index contributed by atoms with van der Waals surface area (Å²) in [7, 11) is 5.72. The molecule has 1 aliphatic heterocycles. The Balaban J connectivity index is 1.89. The van der Waals surface area contributed by atoms with Crippen LogP contribution in [-0.4, -0.2) is 60.9 Å². The van der Waals surface area contributed by atoms with Crippen LogP contribution < -0.4 is 15.8 Å². The second-order valence-corrected chi connectivity index (χ2v) is 8.95. The van der Waals surface area contributed by atoms with Gasteiger partial charge in [0.2, 0.25) is 5.91 Å². The van der Waals surface area contributed by atoms with E-state index in [9.17, 15) is 9.59 Å². The Hall–Kier alpha value is -1.41. The van der Waals surface area contributed by atoms with Gasteiger partial charge in [0, 0.05) is 39.1 Å². The minimum Gasteiger partial charge on any atom is -0.369 e. The monoisotopic (exact) mass is 427 g/mol. The largest absolute Gasteiger partial charge is 0.369 e. The number of anilines is 1. The summed E-state index contributed by atoms with van der Waals surface area (Å²) in [5.74, 6) is 0.164. The number of carbonyl (C=O) groups excluding carboxylic acids is 1. The summed E-state index contributed by atoms with van der Waals surface area (Å²) >= 11 is 3.38. The average molecular weight is 428 g/mol. The number of rotatable bonds is 6. The van der Waals surface area contributed by atoms with Gasteiger partial charge < -0.3 is 15.1 Å². The van der Waals surface area contributed by atoms with Gasteiger partial charge in [-0.05, 0) is 48.3 Å². The number of hydrogen-bond donors (Lipinski definition) is 1. The molecule has 0 radical (unpaired) electrons. The molecule has 26 heavy (non-hydrogen) atoms. The van der Waals surface area contributed by atoms with Crippen molar-refractivity contribution in [1.82, 2.24) is 20.0 Å². The van der Waals surface area contributed by atoms with Crippen molar-refractivity contribution in [3.8, 4) is 0 Å². The SMILES string of the molecule is CN(C)CC(C)(C)CNC(=O)C1CCN(c2cnn(C)c(=O)c2Br)CC1. The van der Waals surface area contributed by atoms with Crippen LogP contribution in [0.2, 0.25) is 0 Å². The molecule has 7 nitrogen and oxygen atoms in total. The average Bonchev–Trinajstić information content (AvgIpc) is 2.57. The lowest BCUT2D eigenvalue weighted by atomic mass is 9.91. The highest BCUT2D eigenvalue weighted by molar-refractivity contribution is 9.10. The van der Waals surface area contributed by atoms with Gasteiger partial charge in [-0.3, -0.25) is 9.59 Å². The fourth-order valence-electron chi connectivity index (χ4n) is 3.49. The number of piperidine rings is 1. The van der Waals surface area contributed by atoms with Crippen molar-refractivity contribution in [3.05, 3.63) is 21.0 Å². The molecule has 2 rings (SSSR count). The van der Waals surface area contributed by atoms with Gasteiger partial charge in [0.25, 0.3) is 5.56 Å². The summed E-state index contributed by atoms with van der Waals surface area (Å²) in [6.45, 7) is 7.41. The smallest absolute Gasteiger partial charge is 0.282 e. The van der Waals surface area contributed by atoms with Crippen molar-refractivity contribution in [2.45, 2.75) is 26.7 Å². The second-order valence-electron chi connectivity index (χ2n) is 8.15. The quantitative estimate of drug-likeness (QED) is 0.743. The third-order valence-corrected chi connectivity index (χ3v) is 5.50. The second kappa shape index (κ2) is 8.52. The Kier molecular flexibility index (Phi) is 6.85. The maximum absolute atomic E-state index is 12.5. The standard InChI is InChI=1S/C18H30BrN5O2/c1-18(2,12-22(3)4)11-20-16(25)13-6-8-24(9-7-13)14-10-21-23(5)17(26)15(14)19/h10,13H,6-9,11-12H2,1-5H3,(H,20,25). The van der Waals surface area contributed by atoms with E-state index < -0.39 is 0 Å². The van der Waals surface area contributed by atoms with Crippen LogP contribution in [0, 0.1) is 11.3 Å². The van der Waals surface area contributed by atoms with E-state index in [1.807, 2.05) is 14.1 Å². The fourth-order valence-corrected chi connectivity index (χ4v) is 4.10. The maximum atomic E-state index is 12.5. The Morgan fingerprint density at radius 3 is 2.58 bits per heavy atom. The molecule has 0 spiro atoms. The molecular weight excluding hydrogens is 398 g/mol. The molecule has 2 heterocycles. The molecule has 1 fully saturated rings. The number of hydrogen-bond acceptors (Lipinski definition) is 5. The van der Waals surface area contributed by atoms with Crippen LogP contribution in [-0.2, 0) is 11.8 Å². The first-order valence-electron chi connectivity index (χ1n) is 9.00. The predicted octanol–water partition coefficient (Wildman–Crippen LogP) is 1.46. The van der Waals surface area contributed by atoms with Crippen LogP contribution in [0.3, 0.4) is 0 Å². The first-order valence-corrected chi connectivity index (χ1v) is 9.79. The third-order valence-electron chi connectivity index (χ3n) is 4.75. The summed E-state index contributed by atoms with van der Waals surface area (Å²) in [6, 6.07) is 0. The van der Waals surface area contributed by atoms with Crippen LogP contribution in [0.4, 0.5) is 5.69 Å². The van der Waals surface area contributed by atoms with Crippen molar-refractivity contribution < 1.29 is 4.79 Å². The number of amides is 1. The van der Waals surface area contributed by atoms with Gasteiger partial charge in [0.1, 0.15) is 4.47 Å². The number of halogens is 1. The fraction of sp³-hybridized carbons (Fsp3) is 0.722. The Bertz CT molecular complexity index is 693. The molecule has 0 aromatic carbocycles. The van der Waals surface area contributed by atoms with Gasteiger partial charge >= 0.3 is 0 Å². The topological polar surface area (TPSA) is 70.5 Å². The van der Waals surface area contributed by atoms with Crippen molar-refractivity contribution in [3.63, 3.8) is 0 Å². The van der Waals surface area contributed by atoms with Gasteiger partial charge in [-0.2, -0.15) is 5.10 Å². The maximum Gasteiger partial charge on any atom is 0.282 e. The minimum atomic E-state index is -0.148. The summed E-state index contributed by atoms with van der Waals surface area (Å²) in [4.78, 5) is 28.8. The van der Waals surface area contributed by atoms with Crippen LogP contribution in [0.25, 0.3) is 0 Å². The molecule has 1 N–H and O–H groups in total. The first kappa shape index (κ1) is 20.9. The van der Waals surface area contributed by atoms with E-state index in [1.165, 1.54) is 4.68 Å². The highest BCUT2D eigenvalue weighted by atomic mass is 79.9. The van der Waals surface area contributed by atoms with Crippen LogP contribution in [0.15, 0.2) is 15.5 Å². The number of aryl methyl sites for hydroxylation is 1. The summed E-state index contributed by atoms with van der Waals surface area (Å²) < 4.78 is 1.84. The predicted molar refractivity (Wildman–Crippen MR) is 107 cm³/mol. The van der Waals surface area contributed by atoms with Gasteiger partial charge in [-0.1, -0.05) is 13.8 Å². The van der Waals surface area contributed by atoms with E-state index in [0.717, 1.165) is 38.2 Å². The molecule has 8 heteroatoms. The normalized spacial score (nSPS) is 16.2. The zero-order chi connectivity index (χ0) is 19.5. The molecule has 146 valence electrons. The van der Waals surface area contributed by atoms with Crippen molar-refractivity contribution >= 4 is 27.5 Å². The van der Waals surface area contributed by atoms with Crippen LogP contribution in [0.5, 0.6) is 0 Å². The molecular formula is C18H30BrN5O2. The van der Waals surface area contributed by atoms with E-state index in [0.29, 0.717) is 11.0 Å². The highest BCUT2D eigenvalue weighted by Gasteiger charge is 2.28. The van der Waals surface area contributed by atoms with E-state index in [4.69, 9.17) is 0 Å². The molecule has 0 saturated carbocycles. The number of carbonyl (C=O) groups is 1. The van der Waals surface area contributed by atoms with E-state index in [-0.39, 0.29) is 22.8 Å². The molecule has 0 atom stereocenters. The lowest BCUT2D eigenvalue weighted by molar-refractivity contribution is -0.126. The summed E-state index contributed by atoms with van der Waals surface area (Å²) in [6.07, 6.45) is 3.26. The molecule has 0 unspecified atom stereocenters. The van der Waals surface area contributed by atoms with E-state index in [1.54, 1.807) is 13.2 Å². The van der Waals surface area contributed by atoms with Crippen molar-refractivity contribution in [2.75, 3.05) is 45.2 Å². The summed E-state index contributed by atoms with van der Waals surface area (Å²) in [5, 5.41) is 7.22. The molecule has 1 aromatic rings. The van der Waals surface area contributed by atoms with Crippen molar-refractivity contribution in [2.24, 2.45) is 18.4 Å². The zero-order valence-corrected chi connectivity index (χ0v) is 18.0. The molecule has 1 amide bonds. The minimum absolute atomic E-state index is 0.0275. The lowest BCUT2D eigenvalue weighted by Crippen LogP contribution is -2.45. The number of nitrogens with one attached hydrogen (secondary N) is 1. The number of aromatic nitrogens is 2. The molecule has 0 aliphatic carbocycles.